The van der Waals surface area contributed by atoms with Gasteiger partial charge in [0.15, 0.2) is 0 Å². The van der Waals surface area contributed by atoms with Gasteiger partial charge in [-0.2, -0.15) is 0 Å². The molecular weight excluding hydrogens is 192 g/mol. The molecule has 0 N–H and O–H groups in total. The Bertz CT molecular complexity index is 318. The van der Waals surface area contributed by atoms with E-state index >= 15 is 0 Å². The molecule has 0 bridgehead atoms. The summed E-state index contributed by atoms with van der Waals surface area (Å²) in [6.07, 6.45) is 0. The van der Waals surface area contributed by atoms with E-state index in [4.69, 9.17) is 11.6 Å². The van der Waals surface area contributed by atoms with Gasteiger partial charge in [-0.25, -0.2) is 0 Å². The van der Waals surface area contributed by atoms with Crippen LogP contribution < -0.4 is 0 Å². The fourth-order valence-electron chi connectivity index (χ4n) is 1.43. The maximum atomic E-state index is 6.24. The van der Waals surface area contributed by atoms with Crippen molar-refractivity contribution in [1.29, 1.82) is 0 Å². The minimum absolute atomic E-state index is 0.122. The molecule has 1 radical (unpaired) electrons. The Morgan fingerprint density at radius 1 is 1.14 bits per heavy atom. The van der Waals surface area contributed by atoms with Crippen LogP contribution in [0.1, 0.15) is 45.7 Å². The first-order valence-corrected chi connectivity index (χ1v) is 5.30. The first-order valence-electron chi connectivity index (χ1n) is 4.93. The van der Waals surface area contributed by atoms with Crippen LogP contribution in [0.15, 0.2) is 18.2 Å². The number of rotatable bonds is 1. The fourth-order valence-corrected chi connectivity index (χ4v) is 1.90. The molecular formula is C13H18Cl. The maximum Gasteiger partial charge on any atom is 0.0446 e. The maximum absolute atomic E-state index is 6.24. The summed E-state index contributed by atoms with van der Waals surface area (Å²) < 4.78 is 0. The molecule has 0 aromatic heterocycles. The van der Waals surface area contributed by atoms with Crippen LogP contribution in [-0.4, -0.2) is 0 Å². The van der Waals surface area contributed by atoms with E-state index in [0.29, 0.717) is 0 Å². The number of hydrogen-bond donors (Lipinski definition) is 0. The molecule has 0 fully saturated rings. The molecule has 0 saturated carbocycles. The summed E-state index contributed by atoms with van der Waals surface area (Å²) in [6.45, 7) is 10.7. The van der Waals surface area contributed by atoms with E-state index in [1.54, 1.807) is 0 Å². The van der Waals surface area contributed by atoms with Gasteiger partial charge in [0.1, 0.15) is 0 Å². The van der Waals surface area contributed by atoms with Gasteiger partial charge < -0.3 is 0 Å². The third-order valence-corrected chi connectivity index (χ3v) is 2.67. The zero-order valence-corrected chi connectivity index (χ0v) is 10.4. The highest BCUT2D eigenvalue weighted by Crippen LogP contribution is 2.31. The summed E-state index contributed by atoms with van der Waals surface area (Å²) in [5.74, 6) is 1.30. The summed E-state index contributed by atoms with van der Waals surface area (Å²) in [5, 5.41) is 0.871. The van der Waals surface area contributed by atoms with E-state index in [1.807, 2.05) is 0 Å². The minimum Gasteiger partial charge on any atom is -0.0840 e. The average molecular weight is 210 g/mol. The highest BCUT2D eigenvalue weighted by molar-refractivity contribution is 6.31. The standard InChI is InChI=1S/C13H18Cl/c1-9(2)10-6-7-11(12(14)8-10)13(3,4)5/h6-8H,1-5H3. The SMILES string of the molecule is C[C](C)c1ccc(C(C)(C)C)c(Cl)c1. The van der Waals surface area contributed by atoms with Crippen molar-refractivity contribution in [3.05, 3.63) is 40.3 Å². The van der Waals surface area contributed by atoms with E-state index in [2.05, 4.69) is 52.8 Å². The van der Waals surface area contributed by atoms with Crippen molar-refractivity contribution >= 4 is 11.6 Å². The van der Waals surface area contributed by atoms with Crippen LogP contribution in [0.4, 0.5) is 0 Å². The lowest BCUT2D eigenvalue weighted by Crippen LogP contribution is -2.12. The molecule has 0 aliphatic rings. The zero-order valence-electron chi connectivity index (χ0n) is 9.61. The first-order chi connectivity index (χ1) is 6.32. The Morgan fingerprint density at radius 2 is 1.71 bits per heavy atom. The smallest absolute Gasteiger partial charge is 0.0446 e. The van der Waals surface area contributed by atoms with E-state index in [9.17, 15) is 0 Å². The monoisotopic (exact) mass is 209 g/mol. The van der Waals surface area contributed by atoms with Crippen molar-refractivity contribution in [3.63, 3.8) is 0 Å². The number of benzene rings is 1. The van der Waals surface area contributed by atoms with Crippen LogP contribution in [0.5, 0.6) is 0 Å². The Morgan fingerprint density at radius 3 is 2.07 bits per heavy atom. The molecule has 1 aromatic rings. The van der Waals surface area contributed by atoms with Crippen LogP contribution in [0, 0.1) is 5.92 Å². The molecule has 0 nitrogen and oxygen atoms in total. The van der Waals surface area contributed by atoms with Gasteiger partial charge in [0.05, 0.1) is 0 Å². The Kier molecular flexibility index (Phi) is 3.26. The molecule has 0 aliphatic carbocycles. The van der Waals surface area contributed by atoms with Gasteiger partial charge in [0, 0.05) is 5.02 Å². The molecule has 0 saturated heterocycles. The molecule has 0 aliphatic heterocycles. The molecule has 1 aromatic carbocycles. The summed E-state index contributed by atoms with van der Waals surface area (Å²) in [4.78, 5) is 0. The predicted octanol–water partition coefficient (Wildman–Crippen LogP) is 4.60. The topological polar surface area (TPSA) is 0 Å². The minimum atomic E-state index is 0.122. The van der Waals surface area contributed by atoms with Crippen molar-refractivity contribution in [2.24, 2.45) is 0 Å². The zero-order chi connectivity index (χ0) is 10.9. The summed E-state index contributed by atoms with van der Waals surface area (Å²) in [6, 6.07) is 6.32. The molecule has 77 valence electrons. The lowest BCUT2D eigenvalue weighted by Gasteiger charge is -2.21. The van der Waals surface area contributed by atoms with Gasteiger partial charge in [-0.1, -0.05) is 58.4 Å². The van der Waals surface area contributed by atoms with Crippen molar-refractivity contribution in [2.75, 3.05) is 0 Å². The van der Waals surface area contributed by atoms with Gasteiger partial charge in [-0.05, 0) is 28.5 Å². The summed E-state index contributed by atoms with van der Waals surface area (Å²) in [7, 11) is 0. The van der Waals surface area contributed by atoms with Gasteiger partial charge in [0.2, 0.25) is 0 Å². The molecule has 0 amide bonds. The van der Waals surface area contributed by atoms with Crippen LogP contribution >= 0.6 is 11.6 Å². The van der Waals surface area contributed by atoms with Gasteiger partial charge >= 0.3 is 0 Å². The molecule has 1 heteroatoms. The quantitative estimate of drug-likeness (QED) is 0.634. The van der Waals surface area contributed by atoms with Crippen molar-refractivity contribution in [1.82, 2.24) is 0 Å². The molecule has 14 heavy (non-hydrogen) atoms. The van der Waals surface area contributed by atoms with Gasteiger partial charge in [0.25, 0.3) is 0 Å². The second kappa shape index (κ2) is 3.94. The largest absolute Gasteiger partial charge is 0.0840 e. The Labute approximate surface area is 92.3 Å². The van der Waals surface area contributed by atoms with Crippen LogP contribution in [0.25, 0.3) is 0 Å². The van der Waals surface area contributed by atoms with Crippen molar-refractivity contribution in [3.8, 4) is 0 Å². The molecule has 0 heterocycles. The molecule has 0 spiro atoms. The lowest BCUT2D eigenvalue weighted by molar-refractivity contribution is 0.590. The first kappa shape index (κ1) is 11.6. The third kappa shape index (κ3) is 2.51. The van der Waals surface area contributed by atoms with E-state index in [0.717, 1.165) is 5.02 Å². The second-order valence-corrected chi connectivity index (χ2v) is 5.35. The molecule has 0 atom stereocenters. The summed E-state index contributed by atoms with van der Waals surface area (Å²) >= 11 is 6.24. The van der Waals surface area contributed by atoms with Gasteiger partial charge in [-0.3, -0.25) is 0 Å². The fraction of sp³-hybridized carbons (Fsp3) is 0.462. The number of hydrogen-bond acceptors (Lipinski definition) is 0. The second-order valence-electron chi connectivity index (χ2n) is 4.94. The van der Waals surface area contributed by atoms with E-state index in [1.165, 1.54) is 17.0 Å². The predicted molar refractivity (Wildman–Crippen MR) is 63.8 cm³/mol. The third-order valence-electron chi connectivity index (χ3n) is 2.35. The van der Waals surface area contributed by atoms with Crippen LogP contribution in [0.3, 0.4) is 0 Å². The molecule has 1 rings (SSSR count). The van der Waals surface area contributed by atoms with E-state index < -0.39 is 0 Å². The van der Waals surface area contributed by atoms with E-state index in [-0.39, 0.29) is 5.41 Å². The highest BCUT2D eigenvalue weighted by atomic mass is 35.5. The van der Waals surface area contributed by atoms with Crippen LogP contribution in [0.2, 0.25) is 5.02 Å². The highest BCUT2D eigenvalue weighted by Gasteiger charge is 2.17. The summed E-state index contributed by atoms with van der Waals surface area (Å²) in [5.41, 5.74) is 2.56. The normalized spacial score (nSPS) is 12.2. The van der Waals surface area contributed by atoms with Crippen LogP contribution in [-0.2, 0) is 5.41 Å². The number of halogens is 1. The van der Waals surface area contributed by atoms with Crippen molar-refractivity contribution < 1.29 is 0 Å². The van der Waals surface area contributed by atoms with Crippen molar-refractivity contribution in [2.45, 2.75) is 40.0 Å². The average Bonchev–Trinajstić information content (AvgIpc) is 2.01. The van der Waals surface area contributed by atoms with Gasteiger partial charge in [-0.15, -0.1) is 0 Å². The Balaban J connectivity index is 3.15. The lowest BCUT2D eigenvalue weighted by atomic mass is 9.86. The molecule has 0 unspecified atom stereocenters. The Hall–Kier alpha value is -0.490.